The Morgan fingerprint density at radius 1 is 1.19 bits per heavy atom. The average Bonchev–Trinajstić information content (AvgIpc) is 3.22. The summed E-state index contributed by atoms with van der Waals surface area (Å²) in [6.45, 7) is 4.71. The quantitative estimate of drug-likeness (QED) is 0.330. The molecule has 11 heteroatoms. The van der Waals surface area contributed by atoms with Crippen molar-refractivity contribution in [2.75, 3.05) is 38.4 Å². The van der Waals surface area contributed by atoms with E-state index in [-0.39, 0.29) is 17.3 Å². The number of nitrogen functional groups attached to an aromatic ring is 1. The van der Waals surface area contributed by atoms with E-state index in [0.29, 0.717) is 46.7 Å². The number of fused-ring (bicyclic) bond motifs is 1. The van der Waals surface area contributed by atoms with Gasteiger partial charge in [0.25, 0.3) is 0 Å². The summed E-state index contributed by atoms with van der Waals surface area (Å²) < 4.78 is 66.4. The van der Waals surface area contributed by atoms with E-state index in [1.807, 2.05) is 0 Å². The van der Waals surface area contributed by atoms with E-state index >= 15 is 0 Å². The van der Waals surface area contributed by atoms with Gasteiger partial charge >= 0.3 is 6.18 Å². The van der Waals surface area contributed by atoms with Gasteiger partial charge in [-0.2, -0.15) is 13.2 Å². The zero-order chi connectivity index (χ0) is 26.2. The van der Waals surface area contributed by atoms with Crippen molar-refractivity contribution in [3.8, 4) is 11.5 Å². The molecule has 2 heterocycles. The summed E-state index contributed by atoms with van der Waals surface area (Å²) in [5, 5.41) is 3.60. The summed E-state index contributed by atoms with van der Waals surface area (Å²) in [4.78, 5) is 11.1. The molecule has 3 N–H and O–H groups in total. The summed E-state index contributed by atoms with van der Waals surface area (Å²) >= 11 is 0. The van der Waals surface area contributed by atoms with Gasteiger partial charge in [-0.25, -0.2) is 14.4 Å². The van der Waals surface area contributed by atoms with E-state index in [4.69, 9.17) is 15.2 Å². The molecule has 194 valence electrons. The molecular weight excluding hydrogens is 478 g/mol. The topological polar surface area (TPSA) is 85.5 Å². The van der Waals surface area contributed by atoms with Gasteiger partial charge in [-0.15, -0.1) is 0 Å². The normalized spacial score (nSPS) is 17.4. The molecule has 0 spiro atoms. The molecule has 0 bridgehead atoms. The third-order valence-electron chi connectivity index (χ3n) is 6.44. The molecule has 4 rings (SSSR count). The smallest absolute Gasteiger partial charge is 0.419 e. The predicted octanol–water partition coefficient (Wildman–Crippen LogP) is 5.33. The Bertz CT molecular complexity index is 1270. The molecule has 0 aliphatic carbocycles. The molecule has 7 nitrogen and oxygen atoms in total. The largest absolute Gasteiger partial charge is 0.493 e. The molecule has 0 amide bonds. The number of hydrogen-bond donors (Lipinski definition) is 2. The van der Waals surface area contributed by atoms with Crippen molar-refractivity contribution in [2.24, 2.45) is 0 Å². The molecule has 2 aromatic carbocycles. The minimum atomic E-state index is -4.87. The lowest BCUT2D eigenvalue weighted by molar-refractivity contribution is -0.140. The number of halogens is 4. The first kappa shape index (κ1) is 25.7. The molecule has 36 heavy (non-hydrogen) atoms. The van der Waals surface area contributed by atoms with Crippen LogP contribution in [0.4, 0.5) is 29.1 Å². The van der Waals surface area contributed by atoms with Gasteiger partial charge in [0.05, 0.1) is 24.2 Å². The van der Waals surface area contributed by atoms with Crippen LogP contribution in [0.2, 0.25) is 0 Å². The first-order valence-electron chi connectivity index (χ1n) is 11.6. The Labute approximate surface area is 206 Å². The van der Waals surface area contributed by atoms with Crippen LogP contribution in [0, 0.1) is 12.7 Å². The molecule has 1 fully saturated rings. The number of nitrogens with one attached hydrogen (secondary N) is 1. The van der Waals surface area contributed by atoms with Crippen LogP contribution in [-0.4, -0.2) is 48.2 Å². The fourth-order valence-electron chi connectivity index (χ4n) is 4.49. The van der Waals surface area contributed by atoms with Crippen LogP contribution in [0.5, 0.6) is 11.5 Å². The van der Waals surface area contributed by atoms with E-state index in [2.05, 4.69) is 27.2 Å². The Morgan fingerprint density at radius 2 is 1.94 bits per heavy atom. The van der Waals surface area contributed by atoms with Crippen LogP contribution in [-0.2, 0) is 6.18 Å². The summed E-state index contributed by atoms with van der Waals surface area (Å²) in [5.74, 6) is 0.355. The maximum Gasteiger partial charge on any atom is 0.419 e. The van der Waals surface area contributed by atoms with Crippen LogP contribution in [0.25, 0.3) is 10.9 Å². The number of anilines is 2. The number of methoxy groups -OCH3 is 1. The van der Waals surface area contributed by atoms with Crippen molar-refractivity contribution in [3.63, 3.8) is 0 Å². The van der Waals surface area contributed by atoms with Gasteiger partial charge in [-0.1, -0.05) is 0 Å². The second-order valence-corrected chi connectivity index (χ2v) is 9.06. The molecule has 1 aliphatic heterocycles. The highest BCUT2D eigenvalue weighted by Gasteiger charge is 2.36. The van der Waals surface area contributed by atoms with Crippen LogP contribution in [0.3, 0.4) is 0 Å². The number of aromatic nitrogens is 2. The van der Waals surface area contributed by atoms with Crippen molar-refractivity contribution in [1.82, 2.24) is 14.9 Å². The Balaban J connectivity index is 1.70. The number of likely N-dealkylation sites (N-methyl/N-ethyl adjacent to an activating group) is 1. The number of alkyl halides is 3. The Hall–Kier alpha value is -3.34. The SMILES string of the molecule is COc1cc2nc(C)nc(N[C@H](C)c3cc(N)cc(C(F)(F)F)c3F)c2cc1OC[C@@H]1CCCN1C. The third-order valence-corrected chi connectivity index (χ3v) is 6.44. The highest BCUT2D eigenvalue weighted by atomic mass is 19.4. The van der Waals surface area contributed by atoms with E-state index in [0.717, 1.165) is 19.4 Å². The Kier molecular flexibility index (Phi) is 7.12. The van der Waals surface area contributed by atoms with Gasteiger partial charge < -0.3 is 25.4 Å². The number of nitrogens with two attached hydrogens (primary N) is 1. The van der Waals surface area contributed by atoms with Crippen molar-refractivity contribution >= 4 is 22.4 Å². The van der Waals surface area contributed by atoms with Gasteiger partial charge in [0.15, 0.2) is 11.5 Å². The molecule has 3 aromatic rings. The third kappa shape index (κ3) is 5.25. The van der Waals surface area contributed by atoms with Crippen LogP contribution in [0.15, 0.2) is 24.3 Å². The minimum Gasteiger partial charge on any atom is -0.493 e. The zero-order valence-corrected chi connectivity index (χ0v) is 20.5. The molecule has 1 saturated heterocycles. The van der Waals surface area contributed by atoms with E-state index in [1.54, 1.807) is 19.1 Å². The molecule has 0 radical (unpaired) electrons. The lowest BCUT2D eigenvalue weighted by atomic mass is 10.0. The zero-order valence-electron chi connectivity index (χ0n) is 20.5. The lowest BCUT2D eigenvalue weighted by Gasteiger charge is -2.22. The van der Waals surface area contributed by atoms with Crippen molar-refractivity contribution in [2.45, 2.75) is 44.9 Å². The fourth-order valence-corrected chi connectivity index (χ4v) is 4.49. The van der Waals surface area contributed by atoms with E-state index in [1.165, 1.54) is 20.1 Å². The van der Waals surface area contributed by atoms with Crippen LogP contribution >= 0.6 is 0 Å². The molecular formula is C25H29F4N5O2. The second-order valence-electron chi connectivity index (χ2n) is 9.06. The Morgan fingerprint density at radius 3 is 2.58 bits per heavy atom. The number of rotatable bonds is 7. The average molecular weight is 508 g/mol. The first-order valence-corrected chi connectivity index (χ1v) is 11.6. The van der Waals surface area contributed by atoms with Gasteiger partial charge in [-0.05, 0) is 58.5 Å². The standard InChI is InChI=1S/C25H29F4N5O2/c1-13(17-8-15(30)9-19(23(17)26)25(27,28)29)31-24-18-10-22(36-12-16-6-5-7-34(16)3)21(35-4)11-20(18)32-14(2)33-24/h8-11,13,16H,5-7,12,30H2,1-4H3,(H,31,32,33)/t13-,16+/m1/s1. The molecule has 1 aliphatic rings. The first-order chi connectivity index (χ1) is 17.0. The van der Waals surface area contributed by atoms with Crippen molar-refractivity contribution in [3.05, 3.63) is 47.0 Å². The number of hydrogen-bond acceptors (Lipinski definition) is 7. The number of benzene rings is 2. The van der Waals surface area contributed by atoms with Gasteiger partial charge in [0.1, 0.15) is 24.1 Å². The fraction of sp³-hybridized carbons (Fsp3) is 0.440. The van der Waals surface area contributed by atoms with Gasteiger partial charge in [0.2, 0.25) is 0 Å². The lowest BCUT2D eigenvalue weighted by Crippen LogP contribution is -2.30. The van der Waals surface area contributed by atoms with Gasteiger partial charge in [0, 0.05) is 28.7 Å². The number of ether oxygens (including phenoxy) is 2. The number of aryl methyl sites for hydroxylation is 1. The molecule has 2 atom stereocenters. The molecule has 0 saturated carbocycles. The van der Waals surface area contributed by atoms with Crippen LogP contribution < -0.4 is 20.5 Å². The summed E-state index contributed by atoms with van der Waals surface area (Å²) in [7, 11) is 3.59. The monoisotopic (exact) mass is 507 g/mol. The number of nitrogens with zero attached hydrogens (tertiary/aromatic N) is 3. The van der Waals surface area contributed by atoms with Crippen molar-refractivity contribution in [1.29, 1.82) is 0 Å². The van der Waals surface area contributed by atoms with Gasteiger partial charge in [-0.3, -0.25) is 0 Å². The minimum absolute atomic E-state index is 0.187. The summed E-state index contributed by atoms with van der Waals surface area (Å²) in [5.41, 5.74) is 4.39. The summed E-state index contributed by atoms with van der Waals surface area (Å²) in [6.07, 6.45) is -2.73. The van der Waals surface area contributed by atoms with E-state index < -0.39 is 23.6 Å². The van der Waals surface area contributed by atoms with Crippen LogP contribution in [0.1, 0.15) is 42.8 Å². The highest BCUT2D eigenvalue weighted by molar-refractivity contribution is 5.92. The molecule has 1 aromatic heterocycles. The number of likely N-dealkylation sites (tertiary alicyclic amines) is 1. The highest BCUT2D eigenvalue weighted by Crippen LogP contribution is 2.38. The molecule has 0 unspecified atom stereocenters. The van der Waals surface area contributed by atoms with Crippen molar-refractivity contribution < 1.29 is 27.0 Å². The summed E-state index contributed by atoms with van der Waals surface area (Å²) in [6, 6.07) is 4.63. The maximum absolute atomic E-state index is 14.8. The van der Waals surface area contributed by atoms with E-state index in [9.17, 15) is 17.6 Å². The maximum atomic E-state index is 14.8. The second kappa shape index (κ2) is 9.96. The predicted molar refractivity (Wildman–Crippen MR) is 130 cm³/mol.